The summed E-state index contributed by atoms with van der Waals surface area (Å²) in [6.07, 6.45) is 1.64. The highest BCUT2D eigenvalue weighted by Gasteiger charge is 2.25. The first-order chi connectivity index (χ1) is 13.0. The molecule has 0 spiro atoms. The summed E-state index contributed by atoms with van der Waals surface area (Å²) in [5.41, 5.74) is 5.50. The largest absolute Gasteiger partial charge is 0.383 e. The molecule has 0 aliphatic carbocycles. The van der Waals surface area contributed by atoms with E-state index in [4.69, 9.17) is 10.5 Å². The summed E-state index contributed by atoms with van der Waals surface area (Å²) in [6, 6.07) is 0. The summed E-state index contributed by atoms with van der Waals surface area (Å²) in [5, 5.41) is 0. The molecule has 2 rings (SSSR count). The van der Waals surface area contributed by atoms with Gasteiger partial charge in [-0.3, -0.25) is 14.2 Å². The van der Waals surface area contributed by atoms with Crippen LogP contribution in [0, 0.1) is 0 Å². The van der Waals surface area contributed by atoms with Crippen LogP contribution < -0.4 is 21.9 Å². The smallest absolute Gasteiger partial charge is 0.333 e. The first-order valence-corrected chi connectivity index (χ1v) is 9.69. The van der Waals surface area contributed by atoms with E-state index in [1.54, 1.807) is 4.90 Å². The normalized spacial score (nSPS) is 14.4. The molecular weight excluding hydrogens is 350 g/mol. The average molecular weight is 381 g/mol. The average Bonchev–Trinajstić information content (AvgIpc) is 2.67. The van der Waals surface area contributed by atoms with Crippen LogP contribution in [0.4, 0.5) is 11.5 Å². The Morgan fingerprint density at radius 2 is 1.74 bits per heavy atom. The molecule has 1 saturated heterocycles. The van der Waals surface area contributed by atoms with Gasteiger partial charge in [0.05, 0.1) is 13.2 Å². The monoisotopic (exact) mass is 381 g/mol. The number of likely N-dealkylation sites (N-methyl/N-ethyl adjacent to an activating group) is 1. The molecule has 1 aliphatic heterocycles. The van der Waals surface area contributed by atoms with Gasteiger partial charge < -0.3 is 20.3 Å². The Bertz CT molecular complexity index is 760. The van der Waals surface area contributed by atoms with Gasteiger partial charge in [0.15, 0.2) is 0 Å². The van der Waals surface area contributed by atoms with Gasteiger partial charge in [-0.15, -0.1) is 0 Å². The zero-order valence-corrected chi connectivity index (χ0v) is 16.6. The highest BCUT2D eigenvalue weighted by Crippen LogP contribution is 2.18. The molecule has 9 heteroatoms. The summed E-state index contributed by atoms with van der Waals surface area (Å²) < 4.78 is 7.80. The number of hydrogen-bond donors (Lipinski definition) is 1. The third-order valence-corrected chi connectivity index (χ3v) is 4.92. The number of rotatable bonds is 8. The van der Waals surface area contributed by atoms with E-state index in [0.29, 0.717) is 51.6 Å². The number of amides is 1. The molecule has 27 heavy (non-hydrogen) atoms. The molecule has 2 heterocycles. The number of nitrogens with two attached hydrogens (primary N) is 1. The maximum Gasteiger partial charge on any atom is 0.333 e. The van der Waals surface area contributed by atoms with Crippen LogP contribution in [-0.2, 0) is 22.6 Å². The molecule has 0 aromatic carbocycles. The number of carbonyl (C=O) groups excluding carboxylic acids is 1. The van der Waals surface area contributed by atoms with Crippen molar-refractivity contribution < 1.29 is 9.53 Å². The lowest BCUT2D eigenvalue weighted by molar-refractivity contribution is -0.131. The van der Waals surface area contributed by atoms with Crippen LogP contribution >= 0.6 is 0 Å². The third-order valence-electron chi connectivity index (χ3n) is 4.92. The van der Waals surface area contributed by atoms with Crippen LogP contribution in [0.5, 0.6) is 0 Å². The van der Waals surface area contributed by atoms with Crippen molar-refractivity contribution in [1.82, 2.24) is 14.0 Å². The van der Waals surface area contributed by atoms with E-state index in [1.807, 2.05) is 25.7 Å². The third kappa shape index (κ3) is 4.52. The van der Waals surface area contributed by atoms with Gasteiger partial charge in [0.2, 0.25) is 5.91 Å². The Labute approximate surface area is 159 Å². The second-order valence-corrected chi connectivity index (χ2v) is 6.58. The van der Waals surface area contributed by atoms with E-state index in [0.717, 1.165) is 17.4 Å². The predicted molar refractivity (Wildman–Crippen MR) is 105 cm³/mol. The fourth-order valence-corrected chi connectivity index (χ4v) is 3.27. The number of morpholine rings is 1. The van der Waals surface area contributed by atoms with Crippen molar-refractivity contribution >= 4 is 17.4 Å². The zero-order chi connectivity index (χ0) is 20.0. The minimum atomic E-state index is -0.525. The van der Waals surface area contributed by atoms with Gasteiger partial charge in [0.1, 0.15) is 18.1 Å². The standard InChI is InChI=1S/C18H31N5O4/c1-4-7-8-22-16(19)15(21-9-11-27-12-10-21)17(25)23(18(22)26)13-14(24)20(5-2)6-3/h4-13,19H2,1-3H3. The lowest BCUT2D eigenvalue weighted by atomic mass is 10.3. The molecule has 9 nitrogen and oxygen atoms in total. The van der Waals surface area contributed by atoms with Crippen LogP contribution in [0.15, 0.2) is 9.59 Å². The summed E-state index contributed by atoms with van der Waals surface area (Å²) in [4.78, 5) is 42.0. The second kappa shape index (κ2) is 9.59. The molecule has 0 atom stereocenters. The Morgan fingerprint density at radius 3 is 2.30 bits per heavy atom. The lowest BCUT2D eigenvalue weighted by Gasteiger charge is -2.30. The lowest BCUT2D eigenvalue weighted by Crippen LogP contribution is -2.49. The summed E-state index contributed by atoms with van der Waals surface area (Å²) >= 11 is 0. The van der Waals surface area contributed by atoms with Gasteiger partial charge in [-0.2, -0.15) is 0 Å². The van der Waals surface area contributed by atoms with Crippen molar-refractivity contribution in [1.29, 1.82) is 0 Å². The van der Waals surface area contributed by atoms with E-state index in [2.05, 4.69) is 0 Å². The molecule has 0 saturated carbocycles. The van der Waals surface area contributed by atoms with Crippen molar-refractivity contribution in [3.8, 4) is 0 Å². The van der Waals surface area contributed by atoms with E-state index in [1.165, 1.54) is 4.57 Å². The van der Waals surface area contributed by atoms with Crippen molar-refractivity contribution in [3.05, 3.63) is 20.8 Å². The van der Waals surface area contributed by atoms with Crippen LogP contribution in [0.3, 0.4) is 0 Å². The van der Waals surface area contributed by atoms with Crippen molar-refractivity contribution in [2.45, 2.75) is 46.7 Å². The maximum atomic E-state index is 13.1. The highest BCUT2D eigenvalue weighted by molar-refractivity contribution is 5.76. The number of nitrogens with zero attached hydrogens (tertiary/aromatic N) is 4. The fourth-order valence-electron chi connectivity index (χ4n) is 3.27. The number of ether oxygens (including phenoxy) is 1. The van der Waals surface area contributed by atoms with Crippen LogP contribution in [0.25, 0.3) is 0 Å². The molecule has 1 fully saturated rings. The number of anilines is 2. The Morgan fingerprint density at radius 1 is 1.11 bits per heavy atom. The summed E-state index contributed by atoms with van der Waals surface area (Å²) in [6.45, 7) is 8.98. The molecule has 1 aromatic rings. The molecule has 0 unspecified atom stereocenters. The van der Waals surface area contributed by atoms with E-state index < -0.39 is 11.2 Å². The summed E-state index contributed by atoms with van der Waals surface area (Å²) in [5.74, 6) is -0.0779. The molecule has 1 amide bonds. The van der Waals surface area contributed by atoms with Gasteiger partial charge >= 0.3 is 5.69 Å². The van der Waals surface area contributed by atoms with Crippen LogP contribution in [0.2, 0.25) is 0 Å². The van der Waals surface area contributed by atoms with Gasteiger partial charge in [0, 0.05) is 32.7 Å². The Hall–Kier alpha value is -2.29. The maximum absolute atomic E-state index is 13.1. The first kappa shape index (κ1) is 21.0. The molecule has 152 valence electrons. The quantitative estimate of drug-likeness (QED) is 0.685. The number of aromatic nitrogens is 2. The second-order valence-electron chi connectivity index (χ2n) is 6.58. The molecule has 0 radical (unpaired) electrons. The van der Waals surface area contributed by atoms with E-state index in [-0.39, 0.29) is 18.3 Å². The summed E-state index contributed by atoms with van der Waals surface area (Å²) in [7, 11) is 0. The van der Waals surface area contributed by atoms with E-state index in [9.17, 15) is 14.4 Å². The van der Waals surface area contributed by atoms with Crippen LogP contribution in [-0.4, -0.2) is 59.3 Å². The first-order valence-electron chi connectivity index (χ1n) is 9.69. The van der Waals surface area contributed by atoms with Crippen molar-refractivity contribution in [2.24, 2.45) is 0 Å². The zero-order valence-electron chi connectivity index (χ0n) is 16.6. The van der Waals surface area contributed by atoms with Crippen molar-refractivity contribution in [2.75, 3.05) is 50.0 Å². The Balaban J connectivity index is 2.55. The van der Waals surface area contributed by atoms with Crippen molar-refractivity contribution in [3.63, 3.8) is 0 Å². The molecule has 2 N–H and O–H groups in total. The fraction of sp³-hybridized carbons (Fsp3) is 0.722. The Kier molecular flexibility index (Phi) is 7.46. The minimum absolute atomic E-state index is 0.173. The molecule has 1 aliphatic rings. The number of unbranched alkanes of at least 4 members (excludes halogenated alkanes) is 1. The number of nitrogen functional groups attached to an aromatic ring is 1. The van der Waals surface area contributed by atoms with Gasteiger partial charge in [0.25, 0.3) is 5.56 Å². The number of carbonyl (C=O) groups is 1. The van der Waals surface area contributed by atoms with Crippen LogP contribution in [0.1, 0.15) is 33.6 Å². The van der Waals surface area contributed by atoms with Gasteiger partial charge in [-0.05, 0) is 20.3 Å². The molecular formula is C18H31N5O4. The van der Waals surface area contributed by atoms with Gasteiger partial charge in [-0.1, -0.05) is 13.3 Å². The SMILES string of the molecule is CCCCn1c(N)c(N2CCOCC2)c(=O)n(CC(=O)N(CC)CC)c1=O. The van der Waals surface area contributed by atoms with E-state index >= 15 is 0 Å². The predicted octanol–water partition coefficient (Wildman–Crippen LogP) is 0.0973. The topological polar surface area (TPSA) is 103 Å². The number of hydrogen-bond acceptors (Lipinski definition) is 6. The van der Waals surface area contributed by atoms with Gasteiger partial charge in [-0.25, -0.2) is 9.36 Å². The highest BCUT2D eigenvalue weighted by atomic mass is 16.5. The minimum Gasteiger partial charge on any atom is -0.383 e. The molecule has 1 aromatic heterocycles. The molecule has 0 bridgehead atoms.